The van der Waals surface area contributed by atoms with Gasteiger partial charge in [-0.3, -0.25) is 9.59 Å². The van der Waals surface area contributed by atoms with Crippen LogP contribution in [0.1, 0.15) is 46.6 Å². The molecule has 0 aliphatic carbocycles. The number of hydrogen-bond acceptors (Lipinski definition) is 3. The zero-order chi connectivity index (χ0) is 18.3. The van der Waals surface area contributed by atoms with Gasteiger partial charge in [0.2, 0.25) is 0 Å². The SMILES string of the molecule is CC(C)[C@@H](C(=O)O)C(CC=Cc1ccccc1)C(=O)OC(C)(C)C. The second-order valence-corrected chi connectivity index (χ2v) is 7.30. The van der Waals surface area contributed by atoms with Crippen molar-refractivity contribution in [3.05, 3.63) is 42.0 Å². The molecule has 1 N–H and O–H groups in total. The van der Waals surface area contributed by atoms with Crippen molar-refractivity contribution in [2.45, 2.75) is 46.6 Å². The molecule has 0 fully saturated rings. The van der Waals surface area contributed by atoms with Crippen molar-refractivity contribution in [2.75, 3.05) is 0 Å². The van der Waals surface area contributed by atoms with Gasteiger partial charge in [-0.1, -0.05) is 56.3 Å². The summed E-state index contributed by atoms with van der Waals surface area (Å²) in [6, 6.07) is 9.70. The van der Waals surface area contributed by atoms with Crippen LogP contribution < -0.4 is 0 Å². The van der Waals surface area contributed by atoms with Crippen molar-refractivity contribution >= 4 is 18.0 Å². The minimum atomic E-state index is -0.964. The van der Waals surface area contributed by atoms with E-state index in [1.165, 1.54) is 0 Å². The van der Waals surface area contributed by atoms with Crippen molar-refractivity contribution in [2.24, 2.45) is 17.8 Å². The van der Waals surface area contributed by atoms with Gasteiger partial charge in [0.25, 0.3) is 0 Å². The number of carboxylic acid groups (broad SMARTS) is 1. The number of benzene rings is 1. The number of esters is 1. The summed E-state index contributed by atoms with van der Waals surface area (Å²) in [4.78, 5) is 24.2. The van der Waals surface area contributed by atoms with Crippen LogP contribution in [0.2, 0.25) is 0 Å². The molecule has 1 rings (SSSR count). The Morgan fingerprint density at radius 1 is 1.17 bits per heavy atom. The Labute approximate surface area is 144 Å². The number of hydrogen-bond donors (Lipinski definition) is 1. The Balaban J connectivity index is 2.97. The van der Waals surface area contributed by atoms with E-state index in [9.17, 15) is 14.7 Å². The summed E-state index contributed by atoms with van der Waals surface area (Å²) in [6.45, 7) is 8.99. The highest BCUT2D eigenvalue weighted by atomic mass is 16.6. The van der Waals surface area contributed by atoms with Gasteiger partial charge >= 0.3 is 11.9 Å². The van der Waals surface area contributed by atoms with E-state index in [4.69, 9.17) is 4.74 Å². The Morgan fingerprint density at radius 3 is 2.21 bits per heavy atom. The van der Waals surface area contributed by atoms with Crippen molar-refractivity contribution < 1.29 is 19.4 Å². The molecular formula is C20H28O4. The van der Waals surface area contributed by atoms with Gasteiger partial charge in [-0.15, -0.1) is 0 Å². The number of carboxylic acids is 1. The molecule has 0 bridgehead atoms. The number of rotatable bonds is 7. The molecule has 1 unspecified atom stereocenters. The lowest BCUT2D eigenvalue weighted by Gasteiger charge is -2.28. The first-order valence-electron chi connectivity index (χ1n) is 8.29. The number of carbonyl (C=O) groups is 2. The van der Waals surface area contributed by atoms with E-state index in [1.54, 1.807) is 20.8 Å². The van der Waals surface area contributed by atoms with Crippen LogP contribution in [-0.2, 0) is 14.3 Å². The molecule has 24 heavy (non-hydrogen) atoms. The monoisotopic (exact) mass is 332 g/mol. The van der Waals surface area contributed by atoms with Gasteiger partial charge < -0.3 is 9.84 Å². The third-order valence-corrected chi connectivity index (χ3v) is 3.65. The van der Waals surface area contributed by atoms with Crippen LogP contribution in [0, 0.1) is 17.8 Å². The third kappa shape index (κ3) is 6.57. The highest BCUT2D eigenvalue weighted by Gasteiger charge is 2.37. The molecule has 0 saturated heterocycles. The molecule has 0 amide bonds. The molecule has 0 heterocycles. The quantitative estimate of drug-likeness (QED) is 0.751. The zero-order valence-electron chi connectivity index (χ0n) is 15.2. The van der Waals surface area contributed by atoms with E-state index in [0.717, 1.165) is 5.56 Å². The molecule has 0 saturated carbocycles. The molecule has 132 valence electrons. The van der Waals surface area contributed by atoms with Gasteiger partial charge in [0, 0.05) is 0 Å². The standard InChI is InChI=1S/C20H28O4/c1-14(2)17(18(21)22)16(19(23)24-20(3,4)5)13-9-12-15-10-7-6-8-11-15/h6-12,14,16-17H,13H2,1-5H3,(H,21,22)/t16?,17-/m1/s1. The molecule has 4 nitrogen and oxygen atoms in total. The first-order chi connectivity index (χ1) is 11.1. The number of carbonyl (C=O) groups excluding carboxylic acids is 1. The predicted octanol–water partition coefficient (Wildman–Crippen LogP) is 4.40. The lowest BCUT2D eigenvalue weighted by Crippen LogP contribution is -2.37. The normalized spacial score (nSPS) is 14.6. The molecule has 0 spiro atoms. The second-order valence-electron chi connectivity index (χ2n) is 7.30. The van der Waals surface area contributed by atoms with Gasteiger partial charge in [-0.2, -0.15) is 0 Å². The maximum Gasteiger partial charge on any atom is 0.310 e. The van der Waals surface area contributed by atoms with Crippen LogP contribution in [0.15, 0.2) is 36.4 Å². The summed E-state index contributed by atoms with van der Waals surface area (Å²) < 4.78 is 5.45. The molecular weight excluding hydrogens is 304 g/mol. The smallest absolute Gasteiger partial charge is 0.310 e. The number of allylic oxidation sites excluding steroid dienone is 1. The van der Waals surface area contributed by atoms with Crippen molar-refractivity contribution in [1.82, 2.24) is 0 Å². The van der Waals surface area contributed by atoms with Gasteiger partial charge in [0.1, 0.15) is 5.60 Å². The minimum absolute atomic E-state index is 0.162. The lowest BCUT2D eigenvalue weighted by molar-refractivity contribution is -0.167. The second kappa shape index (κ2) is 8.67. The zero-order valence-corrected chi connectivity index (χ0v) is 15.2. The first kappa shape index (κ1) is 19.9. The largest absolute Gasteiger partial charge is 0.481 e. The molecule has 0 radical (unpaired) electrons. The maximum atomic E-state index is 12.5. The fourth-order valence-electron chi connectivity index (χ4n) is 2.60. The molecule has 2 atom stereocenters. The van der Waals surface area contributed by atoms with Crippen molar-refractivity contribution in [1.29, 1.82) is 0 Å². The number of ether oxygens (including phenoxy) is 1. The molecule has 1 aromatic rings. The van der Waals surface area contributed by atoms with Gasteiger partial charge in [0.05, 0.1) is 11.8 Å². The summed E-state index contributed by atoms with van der Waals surface area (Å²) in [6.07, 6.45) is 4.08. The molecule has 1 aromatic carbocycles. The Hall–Kier alpha value is -2.10. The summed E-state index contributed by atoms with van der Waals surface area (Å²) in [5.74, 6) is -3.07. The highest BCUT2D eigenvalue weighted by Crippen LogP contribution is 2.28. The van der Waals surface area contributed by atoms with Crippen LogP contribution in [-0.4, -0.2) is 22.6 Å². The molecule has 0 aromatic heterocycles. The average Bonchev–Trinajstić information content (AvgIpc) is 2.44. The van der Waals surface area contributed by atoms with E-state index in [1.807, 2.05) is 56.3 Å². The summed E-state index contributed by atoms with van der Waals surface area (Å²) in [5.41, 5.74) is 0.371. The van der Waals surface area contributed by atoms with Gasteiger partial charge in [-0.25, -0.2) is 0 Å². The third-order valence-electron chi connectivity index (χ3n) is 3.65. The average molecular weight is 332 g/mol. The fraction of sp³-hybridized carbons (Fsp3) is 0.500. The van der Waals surface area contributed by atoms with Crippen LogP contribution in [0.3, 0.4) is 0 Å². The van der Waals surface area contributed by atoms with Crippen LogP contribution >= 0.6 is 0 Å². The Bertz CT molecular complexity index is 567. The number of aliphatic carboxylic acids is 1. The van der Waals surface area contributed by atoms with Crippen molar-refractivity contribution in [3.63, 3.8) is 0 Å². The summed E-state index contributed by atoms with van der Waals surface area (Å²) >= 11 is 0. The van der Waals surface area contributed by atoms with E-state index in [-0.39, 0.29) is 5.92 Å². The van der Waals surface area contributed by atoms with Crippen LogP contribution in [0.4, 0.5) is 0 Å². The molecule has 0 aliphatic heterocycles. The molecule has 4 heteroatoms. The minimum Gasteiger partial charge on any atom is -0.481 e. The van der Waals surface area contributed by atoms with Gasteiger partial charge in [0.15, 0.2) is 0 Å². The van der Waals surface area contributed by atoms with Crippen LogP contribution in [0.25, 0.3) is 6.08 Å². The van der Waals surface area contributed by atoms with E-state index >= 15 is 0 Å². The Morgan fingerprint density at radius 2 is 1.75 bits per heavy atom. The van der Waals surface area contributed by atoms with E-state index in [0.29, 0.717) is 6.42 Å². The predicted molar refractivity (Wildman–Crippen MR) is 95.4 cm³/mol. The highest BCUT2D eigenvalue weighted by molar-refractivity contribution is 5.81. The fourth-order valence-corrected chi connectivity index (χ4v) is 2.60. The molecule has 0 aliphatic rings. The van der Waals surface area contributed by atoms with Crippen LogP contribution in [0.5, 0.6) is 0 Å². The summed E-state index contributed by atoms with van der Waals surface area (Å²) in [5, 5.41) is 9.55. The first-order valence-corrected chi connectivity index (χ1v) is 8.29. The Kier molecular flexibility index (Phi) is 7.20. The topological polar surface area (TPSA) is 63.6 Å². The van der Waals surface area contributed by atoms with E-state index in [2.05, 4.69) is 0 Å². The van der Waals surface area contributed by atoms with E-state index < -0.39 is 29.4 Å². The van der Waals surface area contributed by atoms with Gasteiger partial charge in [-0.05, 0) is 38.7 Å². The maximum absolute atomic E-state index is 12.5. The van der Waals surface area contributed by atoms with Crippen molar-refractivity contribution in [3.8, 4) is 0 Å². The lowest BCUT2D eigenvalue weighted by atomic mass is 9.81. The summed E-state index contributed by atoms with van der Waals surface area (Å²) in [7, 11) is 0.